The molecule has 0 saturated carbocycles. The van der Waals surface area contributed by atoms with E-state index in [9.17, 15) is 9.59 Å². The number of amides is 1. The lowest BCUT2D eigenvalue weighted by Gasteiger charge is -2.27. The normalized spacial score (nSPS) is 15.0. The predicted molar refractivity (Wildman–Crippen MR) is 97.7 cm³/mol. The summed E-state index contributed by atoms with van der Waals surface area (Å²) in [6.45, 7) is 7.47. The number of carbonyl (C=O) groups is 2. The SMILES string of the molecule is C[C@H](C(=O)OC(C)(C)C)N1Cc2ccc(-c3ccnc(Cl)n3)cc2C1=O. The summed E-state index contributed by atoms with van der Waals surface area (Å²) in [6.07, 6.45) is 1.57. The first-order chi connectivity index (χ1) is 12.2. The highest BCUT2D eigenvalue weighted by molar-refractivity contribution is 6.28. The molecule has 3 rings (SSSR count). The van der Waals surface area contributed by atoms with E-state index < -0.39 is 17.6 Å². The van der Waals surface area contributed by atoms with Crippen molar-refractivity contribution in [2.75, 3.05) is 0 Å². The maximum absolute atomic E-state index is 12.8. The van der Waals surface area contributed by atoms with E-state index in [1.54, 1.807) is 46.0 Å². The Morgan fingerprint density at radius 2 is 2.04 bits per heavy atom. The maximum Gasteiger partial charge on any atom is 0.329 e. The van der Waals surface area contributed by atoms with Gasteiger partial charge in [0.1, 0.15) is 11.6 Å². The van der Waals surface area contributed by atoms with E-state index in [0.29, 0.717) is 17.8 Å². The van der Waals surface area contributed by atoms with Crippen LogP contribution in [0.2, 0.25) is 5.28 Å². The topological polar surface area (TPSA) is 72.4 Å². The molecule has 0 bridgehead atoms. The zero-order chi connectivity index (χ0) is 19.1. The number of hydrogen-bond donors (Lipinski definition) is 0. The summed E-state index contributed by atoms with van der Waals surface area (Å²) < 4.78 is 5.40. The lowest BCUT2D eigenvalue weighted by molar-refractivity contribution is -0.159. The van der Waals surface area contributed by atoms with Crippen LogP contribution in [0.15, 0.2) is 30.5 Å². The summed E-state index contributed by atoms with van der Waals surface area (Å²) in [5.41, 5.74) is 2.25. The molecule has 0 fully saturated rings. The minimum absolute atomic E-state index is 0.148. The number of hydrogen-bond acceptors (Lipinski definition) is 5. The van der Waals surface area contributed by atoms with Gasteiger partial charge in [-0.3, -0.25) is 4.79 Å². The van der Waals surface area contributed by atoms with Crippen molar-refractivity contribution in [2.45, 2.75) is 45.9 Å². The van der Waals surface area contributed by atoms with Crippen molar-refractivity contribution in [1.82, 2.24) is 14.9 Å². The van der Waals surface area contributed by atoms with Crippen LogP contribution < -0.4 is 0 Å². The second-order valence-corrected chi connectivity index (χ2v) is 7.56. The molecule has 0 unspecified atom stereocenters. The maximum atomic E-state index is 12.8. The van der Waals surface area contributed by atoms with Crippen molar-refractivity contribution < 1.29 is 14.3 Å². The van der Waals surface area contributed by atoms with Gasteiger partial charge in [0.05, 0.1) is 5.69 Å². The smallest absolute Gasteiger partial charge is 0.329 e. The fraction of sp³-hybridized carbons (Fsp3) is 0.368. The molecule has 1 aliphatic heterocycles. The number of nitrogens with zero attached hydrogens (tertiary/aromatic N) is 3. The summed E-state index contributed by atoms with van der Waals surface area (Å²) in [6, 6.07) is 6.60. The van der Waals surface area contributed by atoms with Crippen molar-refractivity contribution in [3.63, 3.8) is 0 Å². The molecule has 0 saturated heterocycles. The van der Waals surface area contributed by atoms with Gasteiger partial charge in [-0.1, -0.05) is 12.1 Å². The molecule has 0 spiro atoms. The fourth-order valence-corrected chi connectivity index (χ4v) is 2.95. The molecule has 1 aromatic heterocycles. The van der Waals surface area contributed by atoms with Gasteiger partial charge in [0.25, 0.3) is 5.91 Å². The van der Waals surface area contributed by atoms with Crippen LogP contribution in [0, 0.1) is 0 Å². The van der Waals surface area contributed by atoms with Gasteiger partial charge in [0.2, 0.25) is 5.28 Å². The highest BCUT2D eigenvalue weighted by atomic mass is 35.5. The van der Waals surface area contributed by atoms with E-state index in [1.165, 1.54) is 4.90 Å². The number of ether oxygens (including phenoxy) is 1. The Hall–Kier alpha value is -2.47. The van der Waals surface area contributed by atoms with Crippen molar-refractivity contribution >= 4 is 23.5 Å². The highest BCUT2D eigenvalue weighted by Gasteiger charge is 2.36. The summed E-state index contributed by atoms with van der Waals surface area (Å²) in [5.74, 6) is -0.609. The van der Waals surface area contributed by atoms with Crippen LogP contribution in [0.5, 0.6) is 0 Å². The number of benzene rings is 1. The van der Waals surface area contributed by atoms with Crippen LogP contribution >= 0.6 is 11.6 Å². The van der Waals surface area contributed by atoms with Crippen LogP contribution in [0.1, 0.15) is 43.6 Å². The second kappa shape index (κ2) is 6.68. The highest BCUT2D eigenvalue weighted by Crippen LogP contribution is 2.29. The molecular weight excluding hydrogens is 354 g/mol. The van der Waals surface area contributed by atoms with Gasteiger partial charge in [-0.15, -0.1) is 0 Å². The predicted octanol–water partition coefficient (Wildman–Crippen LogP) is 3.48. The molecule has 1 atom stereocenters. The summed E-state index contributed by atoms with van der Waals surface area (Å²) in [4.78, 5) is 34.7. The van der Waals surface area contributed by atoms with Gasteiger partial charge in [0, 0.05) is 23.9 Å². The van der Waals surface area contributed by atoms with Crippen molar-refractivity contribution in [2.24, 2.45) is 0 Å². The first-order valence-corrected chi connectivity index (χ1v) is 8.69. The number of aromatic nitrogens is 2. The molecule has 1 aliphatic rings. The molecule has 2 aromatic rings. The zero-order valence-electron chi connectivity index (χ0n) is 15.1. The van der Waals surface area contributed by atoms with E-state index in [0.717, 1.165) is 11.1 Å². The second-order valence-electron chi connectivity index (χ2n) is 7.23. The zero-order valence-corrected chi connectivity index (χ0v) is 15.9. The Morgan fingerprint density at radius 3 is 2.69 bits per heavy atom. The average Bonchev–Trinajstić information content (AvgIpc) is 2.89. The fourth-order valence-electron chi connectivity index (χ4n) is 2.81. The number of esters is 1. The van der Waals surface area contributed by atoms with Crippen LogP contribution in [-0.4, -0.2) is 38.4 Å². The Kier molecular flexibility index (Phi) is 4.71. The molecule has 26 heavy (non-hydrogen) atoms. The first-order valence-electron chi connectivity index (χ1n) is 8.31. The average molecular weight is 374 g/mol. The third kappa shape index (κ3) is 3.70. The Balaban J connectivity index is 1.85. The van der Waals surface area contributed by atoms with Gasteiger partial charge in [-0.2, -0.15) is 0 Å². The number of carbonyl (C=O) groups excluding carboxylic acids is 2. The lowest BCUT2D eigenvalue weighted by Crippen LogP contribution is -2.42. The summed E-state index contributed by atoms with van der Waals surface area (Å²) in [5, 5.41) is 0.148. The van der Waals surface area contributed by atoms with Gasteiger partial charge in [-0.25, -0.2) is 14.8 Å². The van der Waals surface area contributed by atoms with Crippen LogP contribution in [0.25, 0.3) is 11.3 Å². The van der Waals surface area contributed by atoms with E-state index in [2.05, 4.69) is 9.97 Å². The minimum Gasteiger partial charge on any atom is -0.458 e. The quantitative estimate of drug-likeness (QED) is 0.608. The first kappa shape index (κ1) is 18.3. The van der Waals surface area contributed by atoms with Gasteiger partial charge in [-0.05, 0) is 57.0 Å². The summed E-state index contributed by atoms with van der Waals surface area (Å²) >= 11 is 5.84. The largest absolute Gasteiger partial charge is 0.458 e. The molecule has 1 amide bonds. The molecule has 0 N–H and O–H groups in total. The molecular formula is C19H20ClN3O3. The van der Waals surface area contributed by atoms with E-state index in [4.69, 9.17) is 16.3 Å². The molecule has 0 aliphatic carbocycles. The van der Waals surface area contributed by atoms with Gasteiger partial charge < -0.3 is 9.64 Å². The Morgan fingerprint density at radius 1 is 1.31 bits per heavy atom. The number of fused-ring (bicyclic) bond motifs is 1. The van der Waals surface area contributed by atoms with Crippen LogP contribution in [-0.2, 0) is 16.1 Å². The monoisotopic (exact) mass is 373 g/mol. The Labute approximate surface area is 157 Å². The minimum atomic E-state index is -0.661. The third-order valence-corrected chi connectivity index (χ3v) is 4.26. The summed E-state index contributed by atoms with van der Waals surface area (Å²) in [7, 11) is 0. The van der Waals surface area contributed by atoms with Crippen molar-refractivity contribution in [1.29, 1.82) is 0 Å². The molecule has 2 heterocycles. The number of halogens is 1. The third-order valence-electron chi connectivity index (χ3n) is 4.08. The van der Waals surface area contributed by atoms with Gasteiger partial charge in [0.15, 0.2) is 0 Å². The Bertz CT molecular complexity index is 877. The van der Waals surface area contributed by atoms with Crippen LogP contribution in [0.3, 0.4) is 0 Å². The number of rotatable bonds is 3. The van der Waals surface area contributed by atoms with Crippen molar-refractivity contribution in [3.05, 3.63) is 46.9 Å². The molecule has 1 aromatic carbocycles. The molecule has 0 radical (unpaired) electrons. The molecule has 7 heteroatoms. The molecule has 6 nitrogen and oxygen atoms in total. The van der Waals surface area contributed by atoms with E-state index in [-0.39, 0.29) is 11.2 Å². The van der Waals surface area contributed by atoms with Gasteiger partial charge >= 0.3 is 5.97 Å². The van der Waals surface area contributed by atoms with E-state index in [1.807, 2.05) is 12.1 Å². The standard InChI is InChI=1S/C19H20ClN3O3/c1-11(17(25)26-19(2,3)4)23-10-13-6-5-12(9-14(13)16(23)24)15-7-8-21-18(20)22-15/h5-9,11H,10H2,1-4H3/t11-/m1/s1. The van der Waals surface area contributed by atoms with Crippen LogP contribution in [0.4, 0.5) is 0 Å². The lowest BCUT2D eigenvalue weighted by atomic mass is 10.0. The van der Waals surface area contributed by atoms with E-state index >= 15 is 0 Å². The molecule has 136 valence electrons. The van der Waals surface area contributed by atoms with Crippen molar-refractivity contribution in [3.8, 4) is 11.3 Å².